The average Bonchev–Trinajstić information content (AvgIpc) is 3.10. The molecule has 0 radical (unpaired) electrons. The number of ether oxygens (including phenoxy) is 1. The number of carbonyl (C=O) groups is 2. The van der Waals surface area contributed by atoms with Crippen molar-refractivity contribution in [2.45, 2.75) is 24.9 Å². The zero-order valence-electron chi connectivity index (χ0n) is 16.6. The van der Waals surface area contributed by atoms with Gasteiger partial charge in [0.25, 0.3) is 0 Å². The van der Waals surface area contributed by atoms with Crippen LogP contribution in [0.3, 0.4) is 0 Å². The van der Waals surface area contributed by atoms with E-state index in [0.717, 1.165) is 16.0 Å². The number of methoxy groups -OCH3 is 1. The summed E-state index contributed by atoms with van der Waals surface area (Å²) >= 11 is 0. The molecule has 1 N–H and O–H groups in total. The molecule has 30 heavy (non-hydrogen) atoms. The van der Waals surface area contributed by atoms with Crippen molar-refractivity contribution in [3.63, 3.8) is 0 Å². The fourth-order valence-corrected chi connectivity index (χ4v) is 4.98. The van der Waals surface area contributed by atoms with Crippen LogP contribution >= 0.6 is 0 Å². The fourth-order valence-electron chi connectivity index (χ4n) is 4.98. The van der Waals surface area contributed by atoms with Gasteiger partial charge in [0.05, 0.1) is 36.9 Å². The highest BCUT2D eigenvalue weighted by atomic mass is 16.5. The summed E-state index contributed by atoms with van der Waals surface area (Å²) in [5.41, 5.74) is 1.44. The van der Waals surface area contributed by atoms with Gasteiger partial charge in [-0.1, -0.05) is 36.4 Å². The van der Waals surface area contributed by atoms with Gasteiger partial charge in [-0.2, -0.15) is 10.5 Å². The summed E-state index contributed by atoms with van der Waals surface area (Å²) < 4.78 is 4.75. The number of fused-ring (bicyclic) bond motifs is 3. The number of hydrogen-bond acceptors (Lipinski definition) is 5. The van der Waals surface area contributed by atoms with Gasteiger partial charge >= 0.3 is 5.97 Å². The summed E-state index contributed by atoms with van der Waals surface area (Å²) in [5, 5.41) is 20.6. The van der Waals surface area contributed by atoms with Gasteiger partial charge in [-0.25, -0.2) is 4.79 Å². The number of ketones is 1. The fraction of sp³-hybridized carbons (Fsp3) is 0.250. The Morgan fingerprint density at radius 3 is 2.33 bits per heavy atom. The molecule has 0 spiro atoms. The maximum Gasteiger partial charge on any atom is 0.337 e. The predicted octanol–water partition coefficient (Wildman–Crippen LogP) is 2.17. The van der Waals surface area contributed by atoms with Crippen molar-refractivity contribution in [3.8, 4) is 12.1 Å². The van der Waals surface area contributed by atoms with Crippen molar-refractivity contribution in [1.82, 2.24) is 0 Å². The number of benzene rings is 2. The van der Waals surface area contributed by atoms with Crippen LogP contribution in [0.25, 0.3) is 6.08 Å². The highest BCUT2D eigenvalue weighted by Gasteiger charge is 2.67. The second-order valence-electron chi connectivity index (χ2n) is 7.67. The first-order valence-electron chi connectivity index (χ1n) is 9.63. The van der Waals surface area contributed by atoms with Gasteiger partial charge in [0.1, 0.15) is 0 Å². The zero-order valence-corrected chi connectivity index (χ0v) is 16.6. The molecule has 6 heteroatoms. The van der Waals surface area contributed by atoms with E-state index in [1.807, 2.05) is 36.5 Å². The molecule has 2 aromatic carbocycles. The van der Waals surface area contributed by atoms with Gasteiger partial charge < -0.3 is 4.74 Å². The summed E-state index contributed by atoms with van der Waals surface area (Å²) in [6, 6.07) is 17.8. The first-order valence-corrected chi connectivity index (χ1v) is 9.63. The number of hydrogen-bond donors (Lipinski definition) is 1. The van der Waals surface area contributed by atoms with Gasteiger partial charge in [-0.3, -0.25) is 9.69 Å². The number of quaternary nitrogens is 1. The number of Topliss-reactive ketones (excluding diaryl/α,β-unsaturated/α-hetero) is 1. The van der Waals surface area contributed by atoms with Crippen molar-refractivity contribution in [2.75, 3.05) is 7.11 Å². The lowest BCUT2D eigenvalue weighted by atomic mass is 9.67. The Kier molecular flexibility index (Phi) is 4.73. The molecular weight excluding hydrogens is 378 g/mol. The van der Waals surface area contributed by atoms with Crippen LogP contribution in [0.1, 0.15) is 45.9 Å². The maximum atomic E-state index is 12.8. The molecule has 1 saturated heterocycles. The van der Waals surface area contributed by atoms with Crippen molar-refractivity contribution in [3.05, 3.63) is 77.0 Å². The number of rotatable bonds is 3. The van der Waals surface area contributed by atoms with E-state index in [2.05, 4.69) is 12.1 Å². The molecule has 2 heterocycles. The zero-order chi connectivity index (χ0) is 21.5. The lowest BCUT2D eigenvalue weighted by Gasteiger charge is -2.29. The lowest BCUT2D eigenvalue weighted by Crippen LogP contribution is -3.11. The molecule has 0 bridgehead atoms. The smallest absolute Gasteiger partial charge is 0.337 e. The number of carbonyl (C=O) groups excluding carboxylic acids is 2. The van der Waals surface area contributed by atoms with Crippen molar-refractivity contribution < 1.29 is 19.2 Å². The van der Waals surface area contributed by atoms with E-state index in [9.17, 15) is 20.1 Å². The SMILES string of the molecule is COC(=O)c1ccc([C@H]2[C@H](C(C)=O)[NH+]3C=Cc4ccccc4[C@H]3C2(C#N)C#N)cc1. The normalized spacial score (nSPS) is 25.3. The number of nitrogens with zero attached hydrogens (tertiary/aromatic N) is 2. The van der Waals surface area contributed by atoms with Crippen LogP contribution in [0.5, 0.6) is 0 Å². The molecule has 0 amide bonds. The van der Waals surface area contributed by atoms with E-state index in [1.54, 1.807) is 24.3 Å². The van der Waals surface area contributed by atoms with Crippen molar-refractivity contribution in [1.29, 1.82) is 10.5 Å². The Hall–Kier alpha value is -3.74. The maximum absolute atomic E-state index is 12.8. The summed E-state index contributed by atoms with van der Waals surface area (Å²) in [5.74, 6) is -1.20. The molecule has 4 rings (SSSR count). The Balaban J connectivity index is 1.92. The van der Waals surface area contributed by atoms with Crippen molar-refractivity contribution >= 4 is 17.8 Å². The molecule has 2 aliphatic heterocycles. The van der Waals surface area contributed by atoms with Crippen LogP contribution in [-0.2, 0) is 9.53 Å². The predicted molar refractivity (Wildman–Crippen MR) is 108 cm³/mol. The third-order valence-electron chi connectivity index (χ3n) is 6.23. The molecule has 2 aliphatic rings. The Bertz CT molecular complexity index is 1120. The first kappa shape index (κ1) is 19.6. The van der Waals surface area contributed by atoms with Crippen LogP contribution in [0.4, 0.5) is 0 Å². The minimum Gasteiger partial charge on any atom is -0.465 e. The van der Waals surface area contributed by atoms with E-state index in [-0.39, 0.29) is 5.78 Å². The average molecular weight is 398 g/mol. The molecule has 4 atom stereocenters. The second-order valence-corrected chi connectivity index (χ2v) is 7.67. The molecule has 6 nitrogen and oxygen atoms in total. The minimum absolute atomic E-state index is 0.0894. The second kappa shape index (κ2) is 7.26. The van der Waals surface area contributed by atoms with E-state index in [0.29, 0.717) is 11.1 Å². The quantitative estimate of drug-likeness (QED) is 0.800. The summed E-state index contributed by atoms with van der Waals surface area (Å²) in [7, 11) is 1.31. The van der Waals surface area contributed by atoms with E-state index in [1.165, 1.54) is 14.0 Å². The minimum atomic E-state index is -1.45. The standard InChI is InChI=1S/C24H19N3O3/c1-15(28)21-20(17-7-9-18(10-8-17)23(29)30-2)24(13-25,14-26)22-19-6-4-3-5-16(19)11-12-27(21)22/h3-12,20-22H,1-2H3/p+1/t20-,21-,22-/m0/s1. The first-order chi connectivity index (χ1) is 14.5. The van der Waals surface area contributed by atoms with Gasteiger partial charge in [0.2, 0.25) is 5.41 Å². The van der Waals surface area contributed by atoms with Crippen LogP contribution < -0.4 is 4.90 Å². The summed E-state index contributed by atoms with van der Waals surface area (Å²) in [6.45, 7) is 1.50. The highest BCUT2D eigenvalue weighted by molar-refractivity contribution is 5.89. The Morgan fingerprint density at radius 1 is 1.07 bits per heavy atom. The summed E-state index contributed by atoms with van der Waals surface area (Å²) in [6.07, 6.45) is 3.84. The third kappa shape index (κ3) is 2.66. The topological polar surface area (TPSA) is 95.4 Å². The van der Waals surface area contributed by atoms with Gasteiger partial charge in [-0.05, 0) is 29.3 Å². The van der Waals surface area contributed by atoms with Crippen LogP contribution in [0.15, 0.2) is 54.7 Å². The van der Waals surface area contributed by atoms with E-state index in [4.69, 9.17) is 4.74 Å². The molecule has 1 fully saturated rings. The number of nitrogens with one attached hydrogen (secondary N) is 1. The molecule has 0 aromatic heterocycles. The molecular formula is C24H20N3O3+. The third-order valence-corrected chi connectivity index (χ3v) is 6.23. The van der Waals surface area contributed by atoms with E-state index >= 15 is 0 Å². The van der Waals surface area contributed by atoms with Gasteiger partial charge in [0, 0.05) is 12.5 Å². The van der Waals surface area contributed by atoms with Crippen LogP contribution in [0, 0.1) is 28.1 Å². The Morgan fingerprint density at radius 2 is 1.73 bits per heavy atom. The summed E-state index contributed by atoms with van der Waals surface area (Å²) in [4.78, 5) is 25.4. The molecule has 0 aliphatic carbocycles. The van der Waals surface area contributed by atoms with Gasteiger partial charge in [0.15, 0.2) is 17.9 Å². The molecule has 148 valence electrons. The number of nitriles is 2. The number of esters is 1. The van der Waals surface area contributed by atoms with Gasteiger partial charge in [-0.15, -0.1) is 0 Å². The molecule has 1 unspecified atom stereocenters. The highest BCUT2D eigenvalue weighted by Crippen LogP contribution is 2.51. The lowest BCUT2D eigenvalue weighted by molar-refractivity contribution is -0.885. The van der Waals surface area contributed by atoms with E-state index < -0.39 is 29.4 Å². The van der Waals surface area contributed by atoms with Crippen LogP contribution in [0.2, 0.25) is 0 Å². The van der Waals surface area contributed by atoms with Crippen LogP contribution in [-0.4, -0.2) is 24.9 Å². The van der Waals surface area contributed by atoms with Crippen molar-refractivity contribution in [2.24, 2.45) is 5.41 Å². The molecule has 2 aromatic rings. The molecule has 0 saturated carbocycles. The monoisotopic (exact) mass is 398 g/mol. The largest absolute Gasteiger partial charge is 0.465 e. The Labute approximate surface area is 174 Å².